The molecule has 0 spiro atoms. The van der Waals surface area contributed by atoms with Crippen LogP contribution in [0, 0.1) is 11.7 Å². The van der Waals surface area contributed by atoms with E-state index >= 15 is 4.39 Å². The lowest BCUT2D eigenvalue weighted by Gasteiger charge is -2.33. The molecule has 0 radical (unpaired) electrons. The summed E-state index contributed by atoms with van der Waals surface area (Å²) in [6, 6.07) is 10.0. The number of nitrogens with one attached hydrogen (secondary N) is 1. The second-order valence-electron chi connectivity index (χ2n) is 10.9. The average Bonchev–Trinajstić information content (AvgIpc) is 3.71. The minimum absolute atomic E-state index is 0.0283. The summed E-state index contributed by atoms with van der Waals surface area (Å²) < 4.78 is 16.4. The molecule has 2 aromatic carbocycles. The zero-order valence-corrected chi connectivity index (χ0v) is 25.0. The number of thiazole rings is 1. The zero-order chi connectivity index (χ0) is 29.4. The monoisotopic (exact) mass is 625 g/mol. The molecule has 7 nitrogen and oxygen atoms in total. The Hall–Kier alpha value is -3.34. The first-order valence-electron chi connectivity index (χ1n) is 14.0. The van der Waals surface area contributed by atoms with E-state index in [2.05, 4.69) is 10.3 Å². The van der Waals surface area contributed by atoms with Gasteiger partial charge in [-0.2, -0.15) is 0 Å². The lowest BCUT2D eigenvalue weighted by molar-refractivity contribution is -0.137. The predicted octanol–water partition coefficient (Wildman–Crippen LogP) is 7.49. The van der Waals surface area contributed by atoms with Gasteiger partial charge in [0.2, 0.25) is 5.91 Å². The molecule has 6 rings (SSSR count). The molecular formula is C31H29ClFN3O4S2. The number of aryl methyl sites for hydroxylation is 1. The van der Waals surface area contributed by atoms with Crippen molar-refractivity contribution in [2.75, 3.05) is 5.32 Å². The summed E-state index contributed by atoms with van der Waals surface area (Å²) in [5.41, 5.74) is 0.804. The summed E-state index contributed by atoms with van der Waals surface area (Å²) in [5.74, 6) is -1.68. The van der Waals surface area contributed by atoms with Gasteiger partial charge in [0.15, 0.2) is 0 Å². The third kappa shape index (κ3) is 5.80. The van der Waals surface area contributed by atoms with Crippen LogP contribution in [0.4, 0.5) is 10.1 Å². The Labute approximate surface area is 255 Å². The average molecular weight is 626 g/mol. The SMILES string of the molecule is O=C(O)CCc1cnc([C@@H]2CC3CCCCC3N2C(=O)Cc2cc(Cl)c(NC(=O)c3csc4ccccc34)cc2F)s1. The molecule has 11 heteroatoms. The van der Waals surface area contributed by atoms with E-state index in [4.69, 9.17) is 16.7 Å². The highest BCUT2D eigenvalue weighted by Crippen LogP contribution is 2.47. The number of rotatable bonds is 8. The summed E-state index contributed by atoms with van der Waals surface area (Å²) in [6.07, 6.45) is 6.87. The van der Waals surface area contributed by atoms with Crippen LogP contribution in [0.25, 0.3) is 10.1 Å². The molecule has 1 saturated carbocycles. The molecule has 218 valence electrons. The molecule has 2 N–H and O–H groups in total. The molecule has 3 heterocycles. The van der Waals surface area contributed by atoms with Gasteiger partial charge in [0.05, 0.1) is 35.2 Å². The minimum Gasteiger partial charge on any atom is -0.481 e. The van der Waals surface area contributed by atoms with Gasteiger partial charge in [-0.05, 0) is 55.4 Å². The van der Waals surface area contributed by atoms with E-state index in [1.165, 1.54) is 34.8 Å². The topological polar surface area (TPSA) is 99.6 Å². The van der Waals surface area contributed by atoms with Gasteiger partial charge in [0, 0.05) is 32.6 Å². The summed E-state index contributed by atoms with van der Waals surface area (Å²) in [4.78, 5) is 45.2. The molecular weight excluding hydrogens is 597 g/mol. The van der Waals surface area contributed by atoms with Crippen LogP contribution in [0.2, 0.25) is 5.02 Å². The van der Waals surface area contributed by atoms with Gasteiger partial charge in [-0.25, -0.2) is 9.37 Å². The highest BCUT2D eigenvalue weighted by molar-refractivity contribution is 7.17. The van der Waals surface area contributed by atoms with E-state index in [0.29, 0.717) is 17.9 Å². The summed E-state index contributed by atoms with van der Waals surface area (Å²) >= 11 is 9.41. The molecule has 2 aliphatic rings. The standard InChI is InChI=1S/C31H29ClFN3O4S2/c32-22-11-18(23(33)14-24(22)35-30(40)21-16-41-27-8-4-2-6-20(21)27)13-28(37)36-25-7-3-1-5-17(25)12-26(36)31-34-15-19(42-31)9-10-29(38)39/h2,4,6,8,11,14-17,25-26H,1,3,5,7,9-10,12-13H2,(H,35,40)(H,38,39)/t17?,25?,26-/m0/s1. The number of carboxylic acids is 1. The number of hydrogen-bond donors (Lipinski definition) is 2. The molecule has 2 aromatic heterocycles. The molecule has 2 fully saturated rings. The second-order valence-corrected chi connectivity index (χ2v) is 13.4. The highest BCUT2D eigenvalue weighted by atomic mass is 35.5. The number of anilines is 1. The molecule has 1 aliphatic carbocycles. The maximum Gasteiger partial charge on any atom is 0.303 e. The van der Waals surface area contributed by atoms with Crippen LogP contribution in [-0.4, -0.2) is 38.8 Å². The smallest absolute Gasteiger partial charge is 0.303 e. The Balaban J connectivity index is 1.20. The third-order valence-corrected chi connectivity index (χ3v) is 10.7. The molecule has 1 saturated heterocycles. The maximum absolute atomic E-state index is 15.4. The van der Waals surface area contributed by atoms with Gasteiger partial charge in [-0.3, -0.25) is 14.4 Å². The van der Waals surface area contributed by atoms with Crippen LogP contribution in [-0.2, 0) is 22.4 Å². The first kappa shape index (κ1) is 28.8. The molecule has 2 amide bonds. The lowest BCUT2D eigenvalue weighted by atomic mass is 9.84. The van der Waals surface area contributed by atoms with E-state index in [-0.39, 0.29) is 53.0 Å². The fourth-order valence-corrected chi connectivity index (χ4v) is 8.48. The Kier molecular flexibility index (Phi) is 8.29. The van der Waals surface area contributed by atoms with Gasteiger partial charge >= 0.3 is 5.97 Å². The summed E-state index contributed by atoms with van der Waals surface area (Å²) in [7, 11) is 0. The number of carboxylic acid groups (broad SMARTS) is 1. The Morgan fingerprint density at radius 2 is 1.98 bits per heavy atom. The Bertz CT molecular complexity index is 1670. The Morgan fingerprint density at radius 1 is 1.17 bits per heavy atom. The van der Waals surface area contributed by atoms with Crippen LogP contribution in [0.5, 0.6) is 0 Å². The van der Waals surface area contributed by atoms with Crippen LogP contribution in [0.3, 0.4) is 0 Å². The van der Waals surface area contributed by atoms with Crippen molar-refractivity contribution in [2.24, 2.45) is 5.92 Å². The molecule has 0 bridgehead atoms. The third-order valence-electron chi connectivity index (χ3n) is 8.27. The van der Waals surface area contributed by atoms with Crippen LogP contribution in [0.15, 0.2) is 48.0 Å². The van der Waals surface area contributed by atoms with Crippen molar-refractivity contribution in [1.29, 1.82) is 0 Å². The summed E-state index contributed by atoms with van der Waals surface area (Å²) in [5, 5.41) is 15.3. The van der Waals surface area contributed by atoms with Crippen molar-refractivity contribution < 1.29 is 23.9 Å². The summed E-state index contributed by atoms with van der Waals surface area (Å²) in [6.45, 7) is 0. The van der Waals surface area contributed by atoms with Crippen LogP contribution in [0.1, 0.15) is 70.4 Å². The van der Waals surface area contributed by atoms with Gasteiger partial charge in [0.1, 0.15) is 10.8 Å². The van der Waals surface area contributed by atoms with Crippen molar-refractivity contribution in [2.45, 2.75) is 63.5 Å². The number of halogens is 2. The number of likely N-dealkylation sites (tertiary alicyclic amines) is 1. The lowest BCUT2D eigenvalue weighted by Crippen LogP contribution is -2.41. The quantitative estimate of drug-likeness (QED) is 0.211. The second kappa shape index (κ2) is 12.1. The predicted molar refractivity (Wildman–Crippen MR) is 163 cm³/mol. The van der Waals surface area contributed by atoms with E-state index in [0.717, 1.165) is 52.1 Å². The number of fused-ring (bicyclic) bond motifs is 2. The molecule has 4 aromatic rings. The van der Waals surface area contributed by atoms with E-state index in [9.17, 15) is 14.4 Å². The molecule has 2 unspecified atom stereocenters. The zero-order valence-electron chi connectivity index (χ0n) is 22.6. The molecule has 42 heavy (non-hydrogen) atoms. The van der Waals surface area contributed by atoms with Crippen molar-refractivity contribution in [3.63, 3.8) is 0 Å². The Morgan fingerprint density at radius 3 is 2.81 bits per heavy atom. The van der Waals surface area contributed by atoms with Crippen molar-refractivity contribution >= 4 is 67.8 Å². The number of aromatic nitrogens is 1. The van der Waals surface area contributed by atoms with Crippen LogP contribution < -0.4 is 5.32 Å². The highest BCUT2D eigenvalue weighted by Gasteiger charge is 2.46. The maximum atomic E-state index is 15.4. The fraction of sp³-hybridized carbons (Fsp3) is 0.355. The number of carbonyl (C=O) groups is 3. The number of thiophene rings is 1. The fourth-order valence-electron chi connectivity index (χ4n) is 6.28. The van der Waals surface area contributed by atoms with Crippen molar-refractivity contribution in [3.8, 4) is 0 Å². The number of carbonyl (C=O) groups excluding carboxylic acids is 2. The van der Waals surface area contributed by atoms with Crippen molar-refractivity contribution in [3.05, 3.63) is 79.8 Å². The molecule has 3 atom stereocenters. The number of nitrogens with zero attached hydrogens (tertiary/aromatic N) is 2. The number of benzene rings is 2. The number of aliphatic carboxylic acids is 1. The normalized spacial score (nSPS) is 20.0. The van der Waals surface area contributed by atoms with E-state index in [1.807, 2.05) is 29.2 Å². The van der Waals surface area contributed by atoms with E-state index < -0.39 is 11.8 Å². The first-order chi connectivity index (χ1) is 20.3. The largest absolute Gasteiger partial charge is 0.481 e. The molecule has 1 aliphatic heterocycles. The van der Waals surface area contributed by atoms with Gasteiger partial charge in [-0.1, -0.05) is 42.6 Å². The van der Waals surface area contributed by atoms with Gasteiger partial charge < -0.3 is 15.3 Å². The van der Waals surface area contributed by atoms with Crippen molar-refractivity contribution in [1.82, 2.24) is 9.88 Å². The van der Waals surface area contributed by atoms with E-state index in [1.54, 1.807) is 11.6 Å². The van der Waals surface area contributed by atoms with Gasteiger partial charge in [-0.15, -0.1) is 22.7 Å². The number of amides is 2. The first-order valence-corrected chi connectivity index (χ1v) is 16.1. The number of hydrogen-bond acceptors (Lipinski definition) is 6. The van der Waals surface area contributed by atoms with Gasteiger partial charge in [0.25, 0.3) is 5.91 Å². The van der Waals surface area contributed by atoms with Crippen LogP contribution >= 0.6 is 34.3 Å². The minimum atomic E-state index is -0.861.